The van der Waals surface area contributed by atoms with Crippen LogP contribution in [0.3, 0.4) is 0 Å². The van der Waals surface area contributed by atoms with E-state index in [0.29, 0.717) is 5.92 Å². The van der Waals surface area contributed by atoms with E-state index in [4.69, 9.17) is 0 Å². The van der Waals surface area contributed by atoms with E-state index in [0.717, 1.165) is 68.5 Å². The molecule has 0 amide bonds. The van der Waals surface area contributed by atoms with E-state index in [1.807, 2.05) is 6.20 Å². The fourth-order valence-corrected chi connectivity index (χ4v) is 4.73. The first kappa shape index (κ1) is 32.2. The third kappa shape index (κ3) is 9.62. The van der Waals surface area contributed by atoms with Crippen LogP contribution >= 0.6 is 0 Å². The number of aromatic nitrogens is 1. The van der Waals surface area contributed by atoms with Gasteiger partial charge < -0.3 is 9.67 Å². The number of allylic oxidation sites excluding steroid dienone is 4. The Labute approximate surface area is 226 Å². The zero-order chi connectivity index (χ0) is 29.4. The van der Waals surface area contributed by atoms with Crippen molar-refractivity contribution in [3.63, 3.8) is 0 Å². The average Bonchev–Trinajstić information content (AvgIpc) is 3.27. The van der Waals surface area contributed by atoms with Gasteiger partial charge in [-0.15, -0.1) is 0 Å². The molecule has 1 aromatic heterocycles. The molecular weight excluding hydrogens is 520 g/mol. The first-order chi connectivity index (χ1) is 18.1. The first-order valence-electron chi connectivity index (χ1n) is 13.1. The predicted octanol–water partition coefficient (Wildman–Crippen LogP) is 9.50. The van der Waals surface area contributed by atoms with Crippen molar-refractivity contribution >= 4 is 5.97 Å². The van der Waals surface area contributed by atoms with Gasteiger partial charge in [0.15, 0.2) is 0 Å². The highest BCUT2D eigenvalue weighted by molar-refractivity contribution is 5.68. The number of halogens is 6. The summed E-state index contributed by atoms with van der Waals surface area (Å²) in [5.74, 6) is -0.403. The topological polar surface area (TPSA) is 42.2 Å². The molecule has 2 unspecified atom stereocenters. The van der Waals surface area contributed by atoms with E-state index in [1.54, 1.807) is 25.1 Å². The molecule has 3 rings (SSSR count). The van der Waals surface area contributed by atoms with Crippen molar-refractivity contribution in [2.45, 2.75) is 90.5 Å². The van der Waals surface area contributed by atoms with Gasteiger partial charge in [0, 0.05) is 23.4 Å². The van der Waals surface area contributed by atoms with Crippen LogP contribution in [0.15, 0.2) is 60.3 Å². The molecule has 0 spiro atoms. The van der Waals surface area contributed by atoms with Crippen LogP contribution in [0.5, 0.6) is 0 Å². The van der Waals surface area contributed by atoms with Gasteiger partial charge in [0.1, 0.15) is 0 Å². The van der Waals surface area contributed by atoms with E-state index in [1.165, 1.54) is 11.6 Å². The van der Waals surface area contributed by atoms with Crippen LogP contribution in [0.25, 0.3) is 0 Å². The van der Waals surface area contributed by atoms with Crippen molar-refractivity contribution in [2.24, 2.45) is 5.92 Å². The lowest BCUT2D eigenvalue weighted by Crippen LogP contribution is -2.21. The van der Waals surface area contributed by atoms with E-state index in [2.05, 4.69) is 24.5 Å². The van der Waals surface area contributed by atoms with E-state index in [-0.39, 0.29) is 18.4 Å². The molecule has 216 valence electrons. The van der Waals surface area contributed by atoms with Crippen LogP contribution < -0.4 is 0 Å². The van der Waals surface area contributed by atoms with Gasteiger partial charge in [-0.1, -0.05) is 44.2 Å². The number of alkyl halides is 6. The lowest BCUT2D eigenvalue weighted by Gasteiger charge is -2.29. The maximum Gasteiger partial charge on any atom is 0.416 e. The summed E-state index contributed by atoms with van der Waals surface area (Å²) in [5.41, 5.74) is 1.82. The molecule has 1 aliphatic carbocycles. The molecule has 9 heteroatoms. The number of aryl methyl sites for hydroxylation is 1. The van der Waals surface area contributed by atoms with Crippen LogP contribution in [0, 0.1) is 5.92 Å². The van der Waals surface area contributed by atoms with E-state index in [9.17, 15) is 36.2 Å². The first-order valence-corrected chi connectivity index (χ1v) is 13.1. The Morgan fingerprint density at radius 2 is 1.72 bits per heavy atom. The standard InChI is InChI=1S/C23H28F3NO2.C7H9F3/c1-15(2)6-11-20(16-7-9-19(10-8-16)23(24,25)26)27-13-12-17-4-3-5-18(22(17)27)14-21(28)29;1-3-4-5-6(2)7(8,9)10/h7-10,12-13,15,18,20H,3-6,11,14H2,1-2H3,(H,28,29);3-5H,1-2H3/b;4-3-,6-5+. The van der Waals surface area contributed by atoms with Crippen molar-refractivity contribution in [3.05, 3.63) is 82.7 Å². The lowest BCUT2D eigenvalue weighted by molar-refractivity contribution is -0.138. The summed E-state index contributed by atoms with van der Waals surface area (Å²) in [6.45, 7) is 6.96. The van der Waals surface area contributed by atoms with Gasteiger partial charge in [-0.3, -0.25) is 4.79 Å². The molecule has 3 nitrogen and oxygen atoms in total. The molecule has 2 atom stereocenters. The lowest BCUT2D eigenvalue weighted by atomic mass is 9.85. The Morgan fingerprint density at radius 1 is 1.08 bits per heavy atom. The summed E-state index contributed by atoms with van der Waals surface area (Å²) in [6.07, 6.45) is 1.94. The second kappa shape index (κ2) is 13.9. The third-order valence-electron chi connectivity index (χ3n) is 6.81. The van der Waals surface area contributed by atoms with Crippen molar-refractivity contribution in [2.75, 3.05) is 0 Å². The Bertz CT molecular complexity index is 1120. The maximum atomic E-state index is 13.0. The fourth-order valence-electron chi connectivity index (χ4n) is 4.73. The number of fused-ring (bicyclic) bond motifs is 1. The summed E-state index contributed by atoms with van der Waals surface area (Å²) >= 11 is 0. The number of nitrogens with zero attached hydrogens (tertiary/aromatic N) is 1. The average molecular weight is 558 g/mol. The van der Waals surface area contributed by atoms with Gasteiger partial charge in [0.2, 0.25) is 0 Å². The van der Waals surface area contributed by atoms with Crippen LogP contribution in [-0.4, -0.2) is 21.8 Å². The quantitative estimate of drug-likeness (QED) is 0.259. The zero-order valence-electron chi connectivity index (χ0n) is 22.7. The number of aliphatic carboxylic acids is 1. The minimum Gasteiger partial charge on any atom is -0.481 e. The van der Waals surface area contributed by atoms with E-state index < -0.39 is 29.5 Å². The third-order valence-corrected chi connectivity index (χ3v) is 6.81. The summed E-state index contributed by atoms with van der Waals surface area (Å²) in [4.78, 5) is 11.4. The monoisotopic (exact) mass is 557 g/mol. The Morgan fingerprint density at radius 3 is 2.23 bits per heavy atom. The smallest absolute Gasteiger partial charge is 0.416 e. The van der Waals surface area contributed by atoms with Gasteiger partial charge >= 0.3 is 18.3 Å². The minimum absolute atomic E-state index is 0.0535. The predicted molar refractivity (Wildman–Crippen MR) is 141 cm³/mol. The Balaban J connectivity index is 0.000000455. The second-order valence-electron chi connectivity index (χ2n) is 10.3. The normalized spacial score (nSPS) is 17.1. The number of hydrogen-bond acceptors (Lipinski definition) is 1. The highest BCUT2D eigenvalue weighted by Gasteiger charge is 2.32. The molecule has 0 saturated heterocycles. The summed E-state index contributed by atoms with van der Waals surface area (Å²) in [6, 6.07) is 7.36. The van der Waals surface area contributed by atoms with Crippen molar-refractivity contribution < 1.29 is 36.2 Å². The highest BCUT2D eigenvalue weighted by atomic mass is 19.4. The molecule has 0 saturated carbocycles. The molecular formula is C30H37F6NO2. The molecule has 0 bridgehead atoms. The van der Waals surface area contributed by atoms with Gasteiger partial charge in [-0.25, -0.2) is 0 Å². The highest BCUT2D eigenvalue weighted by Crippen LogP contribution is 2.39. The number of carbonyl (C=O) groups is 1. The number of rotatable bonds is 8. The van der Waals surface area contributed by atoms with Gasteiger partial charge in [-0.05, 0) is 81.2 Å². The molecule has 1 heterocycles. The van der Waals surface area contributed by atoms with Crippen molar-refractivity contribution in [1.82, 2.24) is 4.57 Å². The summed E-state index contributed by atoms with van der Waals surface area (Å²) in [7, 11) is 0. The van der Waals surface area contributed by atoms with Crippen LogP contribution in [0.4, 0.5) is 26.3 Å². The Hall–Kier alpha value is -2.97. The fraction of sp³-hybridized carbons (Fsp3) is 0.500. The number of hydrogen-bond donors (Lipinski definition) is 1. The van der Waals surface area contributed by atoms with Crippen molar-refractivity contribution in [1.29, 1.82) is 0 Å². The Kier molecular flexibility index (Phi) is 11.5. The molecule has 0 aliphatic heterocycles. The van der Waals surface area contributed by atoms with E-state index >= 15 is 0 Å². The van der Waals surface area contributed by atoms with Crippen LogP contribution in [-0.2, 0) is 17.4 Å². The molecule has 39 heavy (non-hydrogen) atoms. The molecule has 0 fully saturated rings. The number of carboxylic acid groups (broad SMARTS) is 1. The molecule has 1 aliphatic rings. The molecule has 1 aromatic carbocycles. The molecule has 1 N–H and O–H groups in total. The van der Waals surface area contributed by atoms with Crippen LogP contribution in [0.2, 0.25) is 0 Å². The number of benzene rings is 1. The minimum atomic E-state index is -4.36. The SMILES string of the molecule is C/C=C\C=C(/C)C(F)(F)F.CC(C)CCC(c1ccc(C(F)(F)F)cc1)n1ccc2c1C(CC(=O)O)CCC2. The zero-order valence-corrected chi connectivity index (χ0v) is 22.7. The molecule has 0 radical (unpaired) electrons. The van der Waals surface area contributed by atoms with Gasteiger partial charge in [-0.2, -0.15) is 26.3 Å². The molecule has 2 aromatic rings. The second-order valence-corrected chi connectivity index (χ2v) is 10.3. The van der Waals surface area contributed by atoms with Crippen LogP contribution in [0.1, 0.15) is 94.1 Å². The summed E-state index contributed by atoms with van der Waals surface area (Å²) < 4.78 is 76.1. The largest absolute Gasteiger partial charge is 0.481 e. The van der Waals surface area contributed by atoms with Crippen molar-refractivity contribution in [3.8, 4) is 0 Å². The van der Waals surface area contributed by atoms with Gasteiger partial charge in [0.05, 0.1) is 18.0 Å². The van der Waals surface area contributed by atoms with Gasteiger partial charge in [0.25, 0.3) is 0 Å². The maximum absolute atomic E-state index is 13.0. The summed E-state index contributed by atoms with van der Waals surface area (Å²) in [5, 5.41) is 9.34. The number of carboxylic acids is 1.